The van der Waals surface area contributed by atoms with Gasteiger partial charge in [0.15, 0.2) is 17.0 Å². The molecule has 27 heavy (non-hydrogen) atoms. The third kappa shape index (κ3) is 4.01. The zero-order chi connectivity index (χ0) is 20.2. The van der Waals surface area contributed by atoms with Crippen LogP contribution in [0.3, 0.4) is 0 Å². The Kier molecular flexibility index (Phi) is 6.33. The maximum absolute atomic E-state index is 13.0. The van der Waals surface area contributed by atoms with Gasteiger partial charge in [0.2, 0.25) is 0 Å². The molecule has 0 fully saturated rings. The van der Waals surface area contributed by atoms with Gasteiger partial charge in [-0.25, -0.2) is 4.79 Å². The fraction of sp³-hybridized carbons (Fsp3) is 0.300. The molecule has 2 aromatic rings. The van der Waals surface area contributed by atoms with Crippen LogP contribution in [-0.2, 0) is 10.3 Å². The SMILES string of the molecule is CCC(NC(=O)c1cc(OC)c(OC)cc1C)(C(=O)O)c1ccc(Cl)cc1. The zero-order valence-corrected chi connectivity index (χ0v) is 16.4. The second-order valence-electron chi connectivity index (χ2n) is 6.05. The molecule has 2 aromatic carbocycles. The molecule has 1 atom stereocenters. The fourth-order valence-corrected chi connectivity index (χ4v) is 3.04. The van der Waals surface area contributed by atoms with Crippen LogP contribution in [0, 0.1) is 6.92 Å². The van der Waals surface area contributed by atoms with Crippen molar-refractivity contribution in [3.05, 3.63) is 58.1 Å². The Balaban J connectivity index is 2.48. The minimum atomic E-state index is -1.58. The van der Waals surface area contributed by atoms with E-state index < -0.39 is 17.4 Å². The van der Waals surface area contributed by atoms with Crippen molar-refractivity contribution in [2.75, 3.05) is 14.2 Å². The minimum absolute atomic E-state index is 0.155. The monoisotopic (exact) mass is 391 g/mol. The van der Waals surface area contributed by atoms with Crippen LogP contribution in [-0.4, -0.2) is 31.2 Å². The van der Waals surface area contributed by atoms with Crippen molar-refractivity contribution >= 4 is 23.5 Å². The molecule has 0 aliphatic rings. The molecule has 0 saturated carbocycles. The van der Waals surface area contributed by atoms with Crippen molar-refractivity contribution in [1.82, 2.24) is 5.32 Å². The number of aliphatic carboxylic acids is 1. The lowest BCUT2D eigenvalue weighted by atomic mass is 9.86. The molecular formula is C20H22ClNO5. The number of methoxy groups -OCH3 is 2. The number of carbonyl (C=O) groups is 2. The van der Waals surface area contributed by atoms with Crippen molar-refractivity contribution in [2.45, 2.75) is 25.8 Å². The Bertz CT molecular complexity index is 850. The number of carboxylic acids is 1. The van der Waals surface area contributed by atoms with E-state index in [4.69, 9.17) is 21.1 Å². The highest BCUT2D eigenvalue weighted by atomic mass is 35.5. The van der Waals surface area contributed by atoms with E-state index in [2.05, 4.69) is 5.32 Å². The molecule has 0 heterocycles. The molecule has 2 rings (SSSR count). The predicted molar refractivity (Wildman–Crippen MR) is 103 cm³/mol. The van der Waals surface area contributed by atoms with Gasteiger partial charge in [0.1, 0.15) is 0 Å². The summed E-state index contributed by atoms with van der Waals surface area (Å²) in [6, 6.07) is 9.59. The highest BCUT2D eigenvalue weighted by molar-refractivity contribution is 6.30. The van der Waals surface area contributed by atoms with E-state index in [0.717, 1.165) is 0 Å². The molecule has 0 aliphatic carbocycles. The smallest absolute Gasteiger partial charge is 0.334 e. The van der Waals surface area contributed by atoms with Crippen LogP contribution >= 0.6 is 11.6 Å². The van der Waals surface area contributed by atoms with Gasteiger partial charge < -0.3 is 19.9 Å². The quantitative estimate of drug-likeness (QED) is 0.750. The zero-order valence-electron chi connectivity index (χ0n) is 15.6. The first-order chi connectivity index (χ1) is 12.8. The molecule has 2 N–H and O–H groups in total. The summed E-state index contributed by atoms with van der Waals surface area (Å²) in [7, 11) is 2.97. The Morgan fingerprint density at radius 1 is 1.11 bits per heavy atom. The first kappa shape index (κ1) is 20.6. The van der Waals surface area contributed by atoms with Crippen LogP contribution in [0.15, 0.2) is 36.4 Å². The number of ether oxygens (including phenoxy) is 2. The number of hydrogen-bond donors (Lipinski definition) is 2. The van der Waals surface area contributed by atoms with Gasteiger partial charge in [0, 0.05) is 10.6 Å². The standard InChI is InChI=1S/C20H22ClNO5/c1-5-20(19(24)25,13-6-8-14(21)9-7-13)22-18(23)15-11-17(27-4)16(26-3)10-12(15)2/h6-11H,5H2,1-4H3,(H,22,23)(H,24,25). The third-order valence-electron chi connectivity index (χ3n) is 4.53. The van der Waals surface area contributed by atoms with Crippen LogP contribution in [0.2, 0.25) is 5.02 Å². The summed E-state index contributed by atoms with van der Waals surface area (Å²) in [4.78, 5) is 25.1. The summed E-state index contributed by atoms with van der Waals surface area (Å²) in [5.74, 6) is -0.798. The summed E-state index contributed by atoms with van der Waals surface area (Å²) in [5, 5.41) is 13.1. The van der Waals surface area contributed by atoms with Crippen LogP contribution in [0.1, 0.15) is 34.8 Å². The number of benzene rings is 2. The summed E-state index contributed by atoms with van der Waals surface area (Å²) in [6.07, 6.45) is 0.155. The van der Waals surface area contributed by atoms with Gasteiger partial charge in [0.05, 0.1) is 14.2 Å². The van der Waals surface area contributed by atoms with E-state index in [0.29, 0.717) is 33.2 Å². The lowest BCUT2D eigenvalue weighted by Crippen LogP contribution is -2.51. The van der Waals surface area contributed by atoms with Gasteiger partial charge in [-0.1, -0.05) is 30.7 Å². The summed E-state index contributed by atoms with van der Waals surface area (Å²) < 4.78 is 10.5. The second kappa shape index (κ2) is 8.31. The molecule has 1 amide bonds. The fourth-order valence-electron chi connectivity index (χ4n) is 2.91. The normalized spacial score (nSPS) is 12.8. The van der Waals surface area contributed by atoms with Crippen molar-refractivity contribution in [1.29, 1.82) is 0 Å². The van der Waals surface area contributed by atoms with E-state index in [9.17, 15) is 14.7 Å². The van der Waals surface area contributed by atoms with Crippen LogP contribution < -0.4 is 14.8 Å². The molecule has 7 heteroatoms. The van der Waals surface area contributed by atoms with Crippen molar-refractivity contribution in [2.24, 2.45) is 0 Å². The molecule has 0 aromatic heterocycles. The second-order valence-corrected chi connectivity index (χ2v) is 6.48. The van der Waals surface area contributed by atoms with Gasteiger partial charge in [-0.05, 0) is 48.7 Å². The summed E-state index contributed by atoms with van der Waals surface area (Å²) >= 11 is 5.91. The largest absolute Gasteiger partial charge is 0.493 e. The first-order valence-electron chi connectivity index (χ1n) is 8.33. The maximum Gasteiger partial charge on any atom is 0.334 e. The minimum Gasteiger partial charge on any atom is -0.493 e. The Labute approximate surface area is 163 Å². The van der Waals surface area contributed by atoms with E-state index >= 15 is 0 Å². The number of halogens is 1. The molecule has 0 radical (unpaired) electrons. The summed E-state index contributed by atoms with van der Waals surface area (Å²) in [5.41, 5.74) is -0.202. The highest BCUT2D eigenvalue weighted by Crippen LogP contribution is 2.32. The number of hydrogen-bond acceptors (Lipinski definition) is 4. The Hall–Kier alpha value is -2.73. The average molecular weight is 392 g/mol. The van der Waals surface area contributed by atoms with Gasteiger partial charge >= 0.3 is 5.97 Å². The van der Waals surface area contributed by atoms with Gasteiger partial charge in [-0.15, -0.1) is 0 Å². The molecule has 0 aliphatic heterocycles. The van der Waals surface area contributed by atoms with Gasteiger partial charge in [-0.2, -0.15) is 0 Å². The molecule has 6 nitrogen and oxygen atoms in total. The van der Waals surface area contributed by atoms with Crippen molar-refractivity contribution in [3.63, 3.8) is 0 Å². The van der Waals surface area contributed by atoms with E-state index in [1.165, 1.54) is 20.3 Å². The van der Waals surface area contributed by atoms with Gasteiger partial charge in [-0.3, -0.25) is 4.79 Å². The Morgan fingerprint density at radius 2 is 1.67 bits per heavy atom. The van der Waals surface area contributed by atoms with E-state index in [1.54, 1.807) is 44.2 Å². The third-order valence-corrected chi connectivity index (χ3v) is 4.79. The number of carbonyl (C=O) groups excluding carboxylic acids is 1. The maximum atomic E-state index is 13.0. The number of carboxylic acid groups (broad SMARTS) is 1. The highest BCUT2D eigenvalue weighted by Gasteiger charge is 2.40. The van der Waals surface area contributed by atoms with Gasteiger partial charge in [0.25, 0.3) is 5.91 Å². The molecule has 0 saturated heterocycles. The molecule has 0 bridgehead atoms. The number of amides is 1. The predicted octanol–water partition coefficient (Wildman–Crippen LogP) is 3.79. The molecule has 0 spiro atoms. The number of aryl methyl sites for hydroxylation is 1. The van der Waals surface area contributed by atoms with Crippen molar-refractivity contribution in [3.8, 4) is 11.5 Å². The number of nitrogens with one attached hydrogen (secondary N) is 1. The lowest BCUT2D eigenvalue weighted by Gasteiger charge is -2.30. The van der Waals surface area contributed by atoms with Crippen LogP contribution in [0.4, 0.5) is 0 Å². The Morgan fingerprint density at radius 3 is 2.15 bits per heavy atom. The van der Waals surface area contributed by atoms with Crippen molar-refractivity contribution < 1.29 is 24.2 Å². The summed E-state index contributed by atoms with van der Waals surface area (Å²) in [6.45, 7) is 3.44. The van der Waals surface area contributed by atoms with Crippen LogP contribution in [0.25, 0.3) is 0 Å². The molecule has 1 unspecified atom stereocenters. The number of rotatable bonds is 7. The van der Waals surface area contributed by atoms with E-state index in [-0.39, 0.29) is 6.42 Å². The van der Waals surface area contributed by atoms with Crippen LogP contribution in [0.5, 0.6) is 11.5 Å². The topological polar surface area (TPSA) is 84.9 Å². The molecular weight excluding hydrogens is 370 g/mol. The average Bonchev–Trinajstić information content (AvgIpc) is 2.66. The first-order valence-corrected chi connectivity index (χ1v) is 8.71. The molecule has 144 valence electrons. The lowest BCUT2D eigenvalue weighted by molar-refractivity contribution is -0.145. The van der Waals surface area contributed by atoms with E-state index in [1.807, 2.05) is 0 Å².